The first-order valence-corrected chi connectivity index (χ1v) is 6.39. The van der Waals surface area contributed by atoms with Crippen molar-refractivity contribution in [1.82, 2.24) is 0 Å². The van der Waals surface area contributed by atoms with Crippen LogP contribution in [0.15, 0.2) is 23.1 Å². The van der Waals surface area contributed by atoms with E-state index in [4.69, 9.17) is 20.9 Å². The summed E-state index contributed by atoms with van der Waals surface area (Å²) in [6.07, 6.45) is 0. The van der Waals surface area contributed by atoms with Gasteiger partial charge >= 0.3 is 0 Å². The minimum atomic E-state index is -4.06. The fourth-order valence-electron chi connectivity index (χ4n) is 1.25. The molecule has 1 aromatic carbocycles. The minimum absolute atomic E-state index is 0.190. The highest BCUT2D eigenvalue weighted by Crippen LogP contribution is 2.26. The molecule has 4 N–H and O–H groups in total. The maximum absolute atomic E-state index is 12.0. The highest BCUT2D eigenvalue weighted by atomic mass is 32.2. The Bertz CT molecular complexity index is 533. The molecule has 0 saturated heterocycles. The van der Waals surface area contributed by atoms with Crippen molar-refractivity contribution in [3.8, 4) is 11.5 Å². The van der Waals surface area contributed by atoms with Crippen LogP contribution in [0.25, 0.3) is 0 Å². The van der Waals surface area contributed by atoms with Crippen LogP contribution in [0.4, 0.5) is 0 Å². The molecule has 0 saturated carbocycles. The van der Waals surface area contributed by atoms with Crippen molar-refractivity contribution < 1.29 is 22.7 Å². The van der Waals surface area contributed by atoms with Crippen LogP contribution in [0.1, 0.15) is 0 Å². The van der Waals surface area contributed by atoms with E-state index in [1.54, 1.807) is 0 Å². The molecule has 0 aliphatic carbocycles. The number of hydrogen-bond donors (Lipinski definition) is 2. The number of rotatable bonds is 5. The molecule has 0 aliphatic rings. The first kappa shape index (κ1) is 14.3. The topological polar surface area (TPSA) is 122 Å². The van der Waals surface area contributed by atoms with Gasteiger partial charge < -0.3 is 20.9 Å². The summed E-state index contributed by atoms with van der Waals surface area (Å²) < 4.78 is 33.8. The molecule has 0 radical (unpaired) electrons. The summed E-state index contributed by atoms with van der Waals surface area (Å²) in [5.41, 5.74) is 10.2. The van der Waals surface area contributed by atoms with Gasteiger partial charge in [-0.1, -0.05) is 0 Å². The number of hydrogen-bond acceptors (Lipinski definition) is 6. The second kappa shape index (κ2) is 5.23. The number of carbonyl (C=O) groups is 1. The Balaban J connectivity index is 3.36. The molecular weight excluding hydrogens is 260 g/mol. The van der Waals surface area contributed by atoms with Crippen molar-refractivity contribution in [2.24, 2.45) is 11.5 Å². The average molecular weight is 274 g/mol. The van der Waals surface area contributed by atoms with E-state index in [1.165, 1.54) is 32.4 Å². The Labute approximate surface area is 105 Å². The first-order chi connectivity index (χ1) is 8.32. The van der Waals surface area contributed by atoms with Gasteiger partial charge in [-0.25, -0.2) is 8.42 Å². The first-order valence-electron chi connectivity index (χ1n) is 4.84. The smallest absolute Gasteiger partial charge is 0.250 e. The quantitative estimate of drug-likeness (QED) is 0.728. The van der Waals surface area contributed by atoms with Gasteiger partial charge in [0.15, 0.2) is 5.37 Å². The van der Waals surface area contributed by atoms with E-state index in [0.717, 1.165) is 0 Å². The molecule has 0 aromatic heterocycles. The Kier molecular flexibility index (Phi) is 4.15. The summed E-state index contributed by atoms with van der Waals surface area (Å²) in [6, 6.07) is 3.97. The maximum atomic E-state index is 12.0. The fraction of sp³-hybridized carbons (Fsp3) is 0.300. The molecule has 1 amide bonds. The Morgan fingerprint density at radius 2 is 1.61 bits per heavy atom. The van der Waals surface area contributed by atoms with E-state index in [-0.39, 0.29) is 16.4 Å². The normalized spacial score (nSPS) is 12.8. The summed E-state index contributed by atoms with van der Waals surface area (Å²) >= 11 is 0. The van der Waals surface area contributed by atoms with Crippen molar-refractivity contribution in [3.05, 3.63) is 18.2 Å². The summed E-state index contributed by atoms with van der Waals surface area (Å²) in [7, 11) is -1.31. The fourth-order valence-corrected chi connectivity index (χ4v) is 2.41. The van der Waals surface area contributed by atoms with E-state index in [1.807, 2.05) is 0 Å². The lowest BCUT2D eigenvalue weighted by Gasteiger charge is -2.12. The van der Waals surface area contributed by atoms with Crippen molar-refractivity contribution in [3.63, 3.8) is 0 Å². The Hall–Kier alpha value is -1.80. The SMILES string of the molecule is COc1cc(OC)cc(S(=O)(=O)C(N)C(N)=O)c1. The molecule has 1 aromatic rings. The number of sulfone groups is 1. The lowest BCUT2D eigenvalue weighted by molar-refractivity contribution is -0.117. The molecule has 0 heterocycles. The van der Waals surface area contributed by atoms with E-state index in [9.17, 15) is 13.2 Å². The number of ether oxygens (including phenoxy) is 2. The predicted octanol–water partition coefficient (Wildman–Crippen LogP) is -0.752. The molecule has 1 rings (SSSR count). The van der Waals surface area contributed by atoms with Crippen LogP contribution in [-0.2, 0) is 14.6 Å². The molecule has 0 spiro atoms. The van der Waals surface area contributed by atoms with E-state index in [0.29, 0.717) is 0 Å². The number of methoxy groups -OCH3 is 2. The summed E-state index contributed by atoms with van der Waals surface area (Å²) in [4.78, 5) is 10.7. The van der Waals surface area contributed by atoms with E-state index in [2.05, 4.69) is 0 Å². The summed E-state index contributed by atoms with van der Waals surface area (Å²) in [5.74, 6) is -0.592. The number of amides is 1. The summed E-state index contributed by atoms with van der Waals surface area (Å²) in [5, 5.41) is -1.81. The minimum Gasteiger partial charge on any atom is -0.497 e. The second-order valence-corrected chi connectivity index (χ2v) is 5.49. The van der Waals surface area contributed by atoms with E-state index < -0.39 is 21.1 Å². The highest BCUT2D eigenvalue weighted by Gasteiger charge is 2.29. The summed E-state index contributed by atoms with van der Waals surface area (Å²) in [6.45, 7) is 0. The van der Waals surface area contributed by atoms with Crippen LogP contribution in [0.5, 0.6) is 11.5 Å². The molecule has 1 atom stereocenters. The van der Waals surface area contributed by atoms with E-state index >= 15 is 0 Å². The van der Waals surface area contributed by atoms with Gasteiger partial charge in [0.05, 0.1) is 19.1 Å². The molecule has 18 heavy (non-hydrogen) atoms. The maximum Gasteiger partial charge on any atom is 0.250 e. The molecule has 0 aliphatic heterocycles. The van der Waals surface area contributed by atoms with Gasteiger partial charge in [0, 0.05) is 6.07 Å². The monoisotopic (exact) mass is 274 g/mol. The number of benzene rings is 1. The zero-order valence-corrected chi connectivity index (χ0v) is 10.7. The third-order valence-corrected chi connectivity index (χ3v) is 4.06. The molecular formula is C10H14N2O5S. The molecule has 8 heteroatoms. The average Bonchev–Trinajstić information content (AvgIpc) is 2.36. The van der Waals surface area contributed by atoms with Crippen molar-refractivity contribution >= 4 is 15.7 Å². The van der Waals surface area contributed by atoms with Gasteiger partial charge in [0.1, 0.15) is 11.5 Å². The lowest BCUT2D eigenvalue weighted by atomic mass is 10.3. The molecule has 1 unspecified atom stereocenters. The van der Waals surface area contributed by atoms with Crippen LogP contribution in [0, 0.1) is 0 Å². The number of carbonyl (C=O) groups excluding carboxylic acids is 1. The van der Waals surface area contributed by atoms with Crippen molar-refractivity contribution in [2.75, 3.05) is 14.2 Å². The Morgan fingerprint density at radius 1 is 1.17 bits per heavy atom. The van der Waals surface area contributed by atoms with Crippen molar-refractivity contribution in [2.45, 2.75) is 10.3 Å². The van der Waals surface area contributed by atoms with Gasteiger partial charge in [-0.15, -0.1) is 0 Å². The van der Waals surface area contributed by atoms with Crippen LogP contribution in [0.3, 0.4) is 0 Å². The number of nitrogens with two attached hydrogens (primary N) is 2. The van der Waals surface area contributed by atoms with Crippen LogP contribution < -0.4 is 20.9 Å². The van der Waals surface area contributed by atoms with Crippen LogP contribution >= 0.6 is 0 Å². The van der Waals surface area contributed by atoms with Gasteiger partial charge in [-0.3, -0.25) is 4.79 Å². The molecule has 0 fully saturated rings. The number of primary amides is 1. The molecule has 100 valence electrons. The van der Waals surface area contributed by atoms with Gasteiger partial charge in [0.25, 0.3) is 0 Å². The highest BCUT2D eigenvalue weighted by molar-refractivity contribution is 7.92. The largest absolute Gasteiger partial charge is 0.497 e. The predicted molar refractivity (Wildman–Crippen MR) is 63.9 cm³/mol. The third kappa shape index (κ3) is 2.71. The van der Waals surface area contributed by atoms with Crippen molar-refractivity contribution in [1.29, 1.82) is 0 Å². The Morgan fingerprint density at radius 3 is 1.94 bits per heavy atom. The zero-order valence-electron chi connectivity index (χ0n) is 9.91. The molecule has 7 nitrogen and oxygen atoms in total. The second-order valence-electron chi connectivity index (χ2n) is 3.42. The third-order valence-electron chi connectivity index (χ3n) is 2.27. The lowest BCUT2D eigenvalue weighted by Crippen LogP contribution is -2.43. The van der Waals surface area contributed by atoms with Gasteiger partial charge in [-0.2, -0.15) is 0 Å². The van der Waals surface area contributed by atoms with Gasteiger partial charge in [0.2, 0.25) is 15.7 Å². The van der Waals surface area contributed by atoms with Crippen LogP contribution in [-0.4, -0.2) is 33.9 Å². The zero-order chi connectivity index (χ0) is 13.9. The van der Waals surface area contributed by atoms with Gasteiger partial charge in [-0.05, 0) is 12.1 Å². The van der Waals surface area contributed by atoms with Crippen LogP contribution in [0.2, 0.25) is 0 Å². The molecule has 0 bridgehead atoms. The standard InChI is InChI=1S/C10H14N2O5S/c1-16-6-3-7(17-2)5-8(4-6)18(14,15)10(12)9(11)13/h3-5,10H,12H2,1-2H3,(H2,11,13).